The zero-order valence-corrected chi connectivity index (χ0v) is 15.3. The van der Waals surface area contributed by atoms with Gasteiger partial charge < -0.3 is 4.43 Å². The van der Waals surface area contributed by atoms with Gasteiger partial charge in [0.1, 0.15) is 10.5 Å². The van der Waals surface area contributed by atoms with Crippen molar-refractivity contribution in [3.05, 3.63) is 71.3 Å². The molecular weight excluding hydrogens is 284 g/mol. The molecule has 2 rings (SSSR count). The predicted octanol–water partition coefficient (Wildman–Crippen LogP) is 2.71. The van der Waals surface area contributed by atoms with Crippen molar-refractivity contribution in [1.29, 1.82) is 0 Å². The van der Waals surface area contributed by atoms with Crippen molar-refractivity contribution in [2.75, 3.05) is 0 Å². The monoisotopic (exact) mass is 304 g/mol. The molecule has 0 radical (unpaired) electrons. The molecule has 2 aromatic rings. The van der Waals surface area contributed by atoms with Crippen molar-refractivity contribution >= 4 is 10.5 Å². The lowest BCUT2D eigenvalue weighted by Crippen LogP contribution is -2.26. The second-order valence-corrected chi connectivity index (χ2v) is 6.11. The van der Waals surface area contributed by atoms with E-state index in [2.05, 4.69) is 49.7 Å². The summed E-state index contributed by atoms with van der Waals surface area (Å²) in [6.45, 7) is 4.24. The molecule has 0 unspecified atom stereocenters. The van der Waals surface area contributed by atoms with E-state index >= 15 is 0 Å². The smallest absolute Gasteiger partial charge is 0.146 e. The number of rotatable bonds is 3. The highest BCUT2D eigenvalue weighted by atomic mass is 28.2. The van der Waals surface area contributed by atoms with Gasteiger partial charge in [0, 0.05) is 11.1 Å². The van der Waals surface area contributed by atoms with Crippen LogP contribution in [0.25, 0.3) is 0 Å². The van der Waals surface area contributed by atoms with Crippen LogP contribution in [0.1, 0.15) is 30.5 Å². The normalized spacial score (nSPS) is 10.3. The molecule has 2 heteroatoms. The minimum atomic E-state index is -0.0828. The van der Waals surface area contributed by atoms with Gasteiger partial charge in [-0.2, -0.15) is 0 Å². The van der Waals surface area contributed by atoms with Crippen LogP contribution in [0.15, 0.2) is 54.6 Å². The summed E-state index contributed by atoms with van der Waals surface area (Å²) in [5.41, 5.74) is 3.15. The van der Waals surface area contributed by atoms with Crippen LogP contribution >= 0.6 is 0 Å². The Hall–Kier alpha value is -2.26. The lowest BCUT2D eigenvalue weighted by atomic mass is 9.98. The molecule has 1 nitrogen and oxygen atoms in total. The van der Waals surface area contributed by atoms with Crippen LogP contribution in [0.3, 0.4) is 0 Å². The first-order chi connectivity index (χ1) is 10.6. The summed E-state index contributed by atoms with van der Waals surface area (Å²) in [6.07, 6.45) is 0.915. The number of benzene rings is 2. The van der Waals surface area contributed by atoms with Gasteiger partial charge in [0.25, 0.3) is 0 Å². The number of hydrogen-bond acceptors (Lipinski definition) is 1. The van der Waals surface area contributed by atoms with Gasteiger partial charge in [0.2, 0.25) is 0 Å². The second kappa shape index (κ2) is 7.66. The van der Waals surface area contributed by atoms with Crippen LogP contribution in [-0.4, -0.2) is 16.1 Å². The quantitative estimate of drug-likeness (QED) is 0.626. The van der Waals surface area contributed by atoms with Crippen molar-refractivity contribution in [3.8, 4) is 23.7 Å². The Morgan fingerprint density at radius 2 is 1.41 bits per heavy atom. The molecule has 0 amide bonds. The van der Waals surface area contributed by atoms with Gasteiger partial charge >= 0.3 is 0 Å². The molecule has 0 aliphatic carbocycles. The zero-order chi connectivity index (χ0) is 15.8. The van der Waals surface area contributed by atoms with Gasteiger partial charge in [-0.15, -0.1) is 0 Å². The van der Waals surface area contributed by atoms with Crippen molar-refractivity contribution in [2.24, 2.45) is 0 Å². The van der Waals surface area contributed by atoms with Crippen LogP contribution < -0.4 is 0 Å². The summed E-state index contributed by atoms with van der Waals surface area (Å²) in [4.78, 5) is 0. The highest BCUT2D eigenvalue weighted by Crippen LogP contribution is 2.16. The van der Waals surface area contributed by atoms with Gasteiger partial charge in [-0.3, -0.25) is 0 Å². The topological polar surface area (TPSA) is 9.23 Å². The van der Waals surface area contributed by atoms with Crippen molar-refractivity contribution in [3.63, 3.8) is 0 Å². The van der Waals surface area contributed by atoms with Crippen LogP contribution in [0, 0.1) is 23.7 Å². The summed E-state index contributed by atoms with van der Waals surface area (Å²) in [7, 11) is 0.760. The molecule has 110 valence electrons. The molecule has 0 fully saturated rings. The first-order valence-electron chi connectivity index (χ1n) is 7.30. The molecule has 0 bridgehead atoms. The summed E-state index contributed by atoms with van der Waals surface area (Å²) in [5, 5.41) is 0. The Bertz CT molecular complexity index is 723. The molecule has 0 aliphatic rings. The largest absolute Gasteiger partial charge is 0.423 e. The Labute approximate surface area is 136 Å². The fourth-order valence-electron chi connectivity index (χ4n) is 2.00. The maximum atomic E-state index is 5.59. The molecule has 0 N–H and O–H groups in total. The predicted molar refractivity (Wildman–Crippen MR) is 95.4 cm³/mol. The summed E-state index contributed by atoms with van der Waals surface area (Å²) < 4.78 is 5.59. The SMILES string of the molecule is CC(C)(Cc1ccc(C#CC#Cc2ccccc2)cc1)O[SiH3]. The summed E-state index contributed by atoms with van der Waals surface area (Å²) in [5.74, 6) is 11.9. The summed E-state index contributed by atoms with van der Waals surface area (Å²) >= 11 is 0. The Morgan fingerprint density at radius 1 is 0.864 bits per heavy atom. The molecule has 0 spiro atoms. The highest BCUT2D eigenvalue weighted by molar-refractivity contribution is 5.98. The standard InChI is InChI=1S/C20H20OSi/c1-20(2,21-22)16-19-14-12-18(13-15-19)11-7-6-10-17-8-4-3-5-9-17/h3-5,8-9,12-15H,16H2,1-2,22H3. The van der Waals surface area contributed by atoms with E-state index in [1.165, 1.54) is 5.56 Å². The van der Waals surface area contributed by atoms with Crippen molar-refractivity contribution < 1.29 is 4.43 Å². The lowest BCUT2D eigenvalue weighted by Gasteiger charge is -2.23. The van der Waals surface area contributed by atoms with E-state index in [0.717, 1.165) is 28.0 Å². The van der Waals surface area contributed by atoms with Gasteiger partial charge in [-0.25, -0.2) is 0 Å². The van der Waals surface area contributed by atoms with Crippen LogP contribution in [0.4, 0.5) is 0 Å². The van der Waals surface area contributed by atoms with Gasteiger partial charge in [0.05, 0.1) is 5.60 Å². The maximum Gasteiger partial charge on any atom is 0.146 e. The zero-order valence-electron chi connectivity index (χ0n) is 13.3. The minimum Gasteiger partial charge on any atom is -0.423 e. The van der Waals surface area contributed by atoms with Gasteiger partial charge in [-0.05, 0) is 61.9 Å². The van der Waals surface area contributed by atoms with E-state index < -0.39 is 0 Å². The van der Waals surface area contributed by atoms with Crippen LogP contribution in [0.5, 0.6) is 0 Å². The third kappa shape index (κ3) is 5.26. The summed E-state index contributed by atoms with van der Waals surface area (Å²) in [6, 6.07) is 18.2. The molecular formula is C20H20OSi. The minimum absolute atomic E-state index is 0.0828. The Balaban J connectivity index is 2.01. The van der Waals surface area contributed by atoms with Crippen LogP contribution in [-0.2, 0) is 10.8 Å². The maximum absolute atomic E-state index is 5.59. The van der Waals surface area contributed by atoms with E-state index in [9.17, 15) is 0 Å². The third-order valence-electron chi connectivity index (χ3n) is 3.39. The van der Waals surface area contributed by atoms with E-state index in [0.29, 0.717) is 0 Å². The fourth-order valence-corrected chi connectivity index (χ4v) is 2.14. The van der Waals surface area contributed by atoms with E-state index in [-0.39, 0.29) is 5.60 Å². The van der Waals surface area contributed by atoms with Gasteiger partial charge in [-0.1, -0.05) is 42.2 Å². The molecule has 0 aromatic heterocycles. The van der Waals surface area contributed by atoms with E-state index in [1.807, 2.05) is 42.5 Å². The molecule has 0 saturated carbocycles. The van der Waals surface area contributed by atoms with E-state index in [4.69, 9.17) is 4.43 Å². The van der Waals surface area contributed by atoms with Crippen LogP contribution in [0.2, 0.25) is 0 Å². The molecule has 0 heterocycles. The molecule has 0 aliphatic heterocycles. The van der Waals surface area contributed by atoms with Gasteiger partial charge in [0.15, 0.2) is 0 Å². The van der Waals surface area contributed by atoms with Crippen molar-refractivity contribution in [2.45, 2.75) is 25.9 Å². The lowest BCUT2D eigenvalue weighted by molar-refractivity contribution is 0.124. The van der Waals surface area contributed by atoms with E-state index in [1.54, 1.807) is 0 Å². The first kappa shape index (κ1) is 16.1. The third-order valence-corrected chi connectivity index (χ3v) is 4.49. The first-order valence-corrected chi connectivity index (χ1v) is 8.12. The molecule has 2 aromatic carbocycles. The Morgan fingerprint density at radius 3 is 1.95 bits per heavy atom. The highest BCUT2D eigenvalue weighted by Gasteiger charge is 2.15. The average molecular weight is 304 g/mol. The Kier molecular flexibility index (Phi) is 5.61. The molecule has 22 heavy (non-hydrogen) atoms. The fraction of sp³-hybridized carbons (Fsp3) is 0.200. The number of hydrogen-bond donors (Lipinski definition) is 0. The molecule has 0 saturated heterocycles. The van der Waals surface area contributed by atoms with Crippen molar-refractivity contribution in [1.82, 2.24) is 0 Å². The average Bonchev–Trinajstić information content (AvgIpc) is 2.54. The molecule has 0 atom stereocenters. The second-order valence-electron chi connectivity index (χ2n) is 5.70.